The molecule has 1 aromatic rings. The Bertz CT molecular complexity index is 379. The molecule has 0 amide bonds. The molecule has 0 heterocycles. The summed E-state index contributed by atoms with van der Waals surface area (Å²) < 4.78 is 13.5. The third-order valence-electron chi connectivity index (χ3n) is 3.26. The van der Waals surface area contributed by atoms with Crippen LogP contribution >= 0.6 is 0 Å². The van der Waals surface area contributed by atoms with Crippen LogP contribution in [0.1, 0.15) is 52.2 Å². The maximum absolute atomic E-state index is 13.5. The average molecular weight is 251 g/mol. The number of benzene rings is 1. The standard InChI is InChI=1S/C16H26FN/c1-6-10-18(7-2)12-13-11-14(17)8-9-15(13)16(3,4)5/h8-9,11H,6-7,10,12H2,1-5H3. The van der Waals surface area contributed by atoms with Gasteiger partial charge in [0.2, 0.25) is 0 Å². The van der Waals surface area contributed by atoms with Gasteiger partial charge in [0, 0.05) is 6.54 Å². The van der Waals surface area contributed by atoms with Gasteiger partial charge in [-0.3, -0.25) is 4.90 Å². The number of nitrogens with zero attached hydrogens (tertiary/aromatic N) is 1. The van der Waals surface area contributed by atoms with E-state index in [4.69, 9.17) is 0 Å². The molecule has 2 heteroatoms. The van der Waals surface area contributed by atoms with E-state index in [1.807, 2.05) is 6.07 Å². The van der Waals surface area contributed by atoms with Crippen molar-refractivity contribution >= 4 is 0 Å². The summed E-state index contributed by atoms with van der Waals surface area (Å²) in [4.78, 5) is 2.37. The maximum atomic E-state index is 13.5. The molecule has 0 atom stereocenters. The molecule has 0 radical (unpaired) electrons. The zero-order valence-corrected chi connectivity index (χ0v) is 12.4. The van der Waals surface area contributed by atoms with E-state index in [1.165, 1.54) is 5.56 Å². The smallest absolute Gasteiger partial charge is 0.123 e. The Morgan fingerprint density at radius 1 is 1.17 bits per heavy atom. The summed E-state index contributed by atoms with van der Waals surface area (Å²) in [6, 6.07) is 5.20. The molecular formula is C16H26FN. The molecule has 102 valence electrons. The van der Waals surface area contributed by atoms with Gasteiger partial charge in [0.25, 0.3) is 0 Å². The van der Waals surface area contributed by atoms with Crippen molar-refractivity contribution in [3.63, 3.8) is 0 Å². The second-order valence-corrected chi connectivity index (χ2v) is 5.92. The lowest BCUT2D eigenvalue weighted by molar-refractivity contribution is 0.278. The van der Waals surface area contributed by atoms with Crippen molar-refractivity contribution in [1.82, 2.24) is 4.90 Å². The van der Waals surface area contributed by atoms with Gasteiger partial charge in [0.15, 0.2) is 0 Å². The molecule has 1 nitrogen and oxygen atoms in total. The minimum atomic E-state index is -0.134. The van der Waals surface area contributed by atoms with Crippen molar-refractivity contribution in [3.8, 4) is 0 Å². The molecule has 0 unspecified atom stereocenters. The van der Waals surface area contributed by atoms with Gasteiger partial charge in [-0.05, 0) is 48.2 Å². The predicted octanol–water partition coefficient (Wildman–Crippen LogP) is 4.36. The molecule has 0 aliphatic heterocycles. The molecule has 18 heavy (non-hydrogen) atoms. The molecule has 0 bridgehead atoms. The van der Waals surface area contributed by atoms with Gasteiger partial charge in [-0.2, -0.15) is 0 Å². The van der Waals surface area contributed by atoms with Crippen molar-refractivity contribution in [2.45, 2.75) is 53.0 Å². The number of hydrogen-bond donors (Lipinski definition) is 0. The lowest BCUT2D eigenvalue weighted by atomic mass is 9.83. The Labute approximate surface area is 111 Å². The molecule has 0 aromatic heterocycles. The van der Waals surface area contributed by atoms with E-state index >= 15 is 0 Å². The van der Waals surface area contributed by atoms with Crippen LogP contribution in [0.2, 0.25) is 0 Å². The summed E-state index contributed by atoms with van der Waals surface area (Å²) >= 11 is 0. The van der Waals surface area contributed by atoms with Crippen LogP contribution in [0, 0.1) is 5.82 Å². The molecule has 0 saturated heterocycles. The van der Waals surface area contributed by atoms with Crippen molar-refractivity contribution in [2.75, 3.05) is 13.1 Å². The number of halogens is 1. The highest BCUT2D eigenvalue weighted by atomic mass is 19.1. The van der Waals surface area contributed by atoms with Crippen LogP contribution in [0.15, 0.2) is 18.2 Å². The zero-order chi connectivity index (χ0) is 13.8. The lowest BCUT2D eigenvalue weighted by Crippen LogP contribution is -2.26. The Morgan fingerprint density at radius 3 is 2.33 bits per heavy atom. The molecular weight excluding hydrogens is 225 g/mol. The molecule has 0 saturated carbocycles. The van der Waals surface area contributed by atoms with Crippen LogP contribution in [-0.4, -0.2) is 18.0 Å². The molecule has 1 rings (SSSR count). The van der Waals surface area contributed by atoms with Crippen LogP contribution in [0.4, 0.5) is 4.39 Å². The molecule has 0 aliphatic rings. The number of hydrogen-bond acceptors (Lipinski definition) is 1. The van der Waals surface area contributed by atoms with Crippen molar-refractivity contribution in [3.05, 3.63) is 35.1 Å². The van der Waals surface area contributed by atoms with E-state index in [-0.39, 0.29) is 11.2 Å². The predicted molar refractivity (Wildman–Crippen MR) is 76.3 cm³/mol. The Morgan fingerprint density at radius 2 is 1.83 bits per heavy atom. The fourth-order valence-electron chi connectivity index (χ4n) is 2.33. The topological polar surface area (TPSA) is 3.24 Å². The SMILES string of the molecule is CCCN(CC)Cc1cc(F)ccc1C(C)(C)C. The van der Waals surface area contributed by atoms with E-state index in [0.717, 1.165) is 31.6 Å². The van der Waals surface area contributed by atoms with Crippen LogP contribution < -0.4 is 0 Å². The van der Waals surface area contributed by atoms with Crippen molar-refractivity contribution in [2.24, 2.45) is 0 Å². The summed E-state index contributed by atoms with van der Waals surface area (Å²) in [5.41, 5.74) is 2.44. The fraction of sp³-hybridized carbons (Fsp3) is 0.625. The Hall–Kier alpha value is -0.890. The van der Waals surface area contributed by atoms with Crippen molar-refractivity contribution in [1.29, 1.82) is 0 Å². The van der Waals surface area contributed by atoms with Crippen LogP contribution in [0.5, 0.6) is 0 Å². The summed E-state index contributed by atoms with van der Waals surface area (Å²) in [5.74, 6) is -0.134. The first-order valence-electron chi connectivity index (χ1n) is 6.89. The van der Waals surface area contributed by atoms with Crippen molar-refractivity contribution < 1.29 is 4.39 Å². The highest BCUT2D eigenvalue weighted by molar-refractivity contribution is 5.33. The molecule has 0 aliphatic carbocycles. The normalized spacial score (nSPS) is 12.2. The van der Waals surface area contributed by atoms with E-state index in [9.17, 15) is 4.39 Å². The largest absolute Gasteiger partial charge is 0.299 e. The average Bonchev–Trinajstić information content (AvgIpc) is 2.26. The Balaban J connectivity index is 3.02. The Kier molecular flexibility index (Phi) is 5.33. The second-order valence-electron chi connectivity index (χ2n) is 5.92. The van der Waals surface area contributed by atoms with Gasteiger partial charge in [0.1, 0.15) is 5.82 Å². The monoisotopic (exact) mass is 251 g/mol. The molecule has 0 fully saturated rings. The van der Waals surface area contributed by atoms with E-state index < -0.39 is 0 Å². The summed E-state index contributed by atoms with van der Waals surface area (Å²) in [6.07, 6.45) is 1.13. The zero-order valence-electron chi connectivity index (χ0n) is 12.4. The van der Waals surface area contributed by atoms with Gasteiger partial charge < -0.3 is 0 Å². The van der Waals surface area contributed by atoms with Crippen LogP contribution in [0.3, 0.4) is 0 Å². The lowest BCUT2D eigenvalue weighted by Gasteiger charge is -2.27. The molecule has 1 aromatic carbocycles. The third-order valence-corrected chi connectivity index (χ3v) is 3.26. The van der Waals surface area contributed by atoms with Gasteiger partial charge >= 0.3 is 0 Å². The number of rotatable bonds is 5. The first kappa shape index (κ1) is 15.2. The highest BCUT2D eigenvalue weighted by Crippen LogP contribution is 2.27. The van der Waals surface area contributed by atoms with E-state index in [2.05, 4.69) is 39.5 Å². The van der Waals surface area contributed by atoms with Gasteiger partial charge in [-0.25, -0.2) is 4.39 Å². The van der Waals surface area contributed by atoms with Gasteiger partial charge in [-0.1, -0.05) is 40.7 Å². The third kappa shape index (κ3) is 4.09. The molecule has 0 N–H and O–H groups in total. The first-order chi connectivity index (χ1) is 8.38. The summed E-state index contributed by atoms with van der Waals surface area (Å²) in [7, 11) is 0. The maximum Gasteiger partial charge on any atom is 0.123 e. The first-order valence-corrected chi connectivity index (χ1v) is 6.89. The second kappa shape index (κ2) is 6.33. The van der Waals surface area contributed by atoms with E-state index in [0.29, 0.717) is 0 Å². The summed E-state index contributed by atoms with van der Waals surface area (Å²) in [5, 5.41) is 0. The van der Waals surface area contributed by atoms with E-state index in [1.54, 1.807) is 12.1 Å². The van der Waals surface area contributed by atoms with Gasteiger partial charge in [0.05, 0.1) is 0 Å². The quantitative estimate of drug-likeness (QED) is 0.751. The highest BCUT2D eigenvalue weighted by Gasteiger charge is 2.19. The molecule has 0 spiro atoms. The minimum absolute atomic E-state index is 0.0641. The van der Waals surface area contributed by atoms with Gasteiger partial charge in [-0.15, -0.1) is 0 Å². The van der Waals surface area contributed by atoms with Crippen LogP contribution in [0.25, 0.3) is 0 Å². The fourth-order valence-corrected chi connectivity index (χ4v) is 2.33. The van der Waals surface area contributed by atoms with Crippen LogP contribution in [-0.2, 0) is 12.0 Å². The summed E-state index contributed by atoms with van der Waals surface area (Å²) in [6.45, 7) is 13.8. The minimum Gasteiger partial charge on any atom is -0.299 e.